The summed E-state index contributed by atoms with van der Waals surface area (Å²) in [5, 5.41) is 22.6. The summed E-state index contributed by atoms with van der Waals surface area (Å²) in [7, 11) is 0. The fourth-order valence-electron chi connectivity index (χ4n) is 3.98. The number of rotatable bonds is 2. The summed E-state index contributed by atoms with van der Waals surface area (Å²) in [6, 6.07) is 20.1. The van der Waals surface area contributed by atoms with Gasteiger partial charge in [-0.25, -0.2) is 0 Å². The van der Waals surface area contributed by atoms with Crippen LogP contribution in [0.5, 0.6) is 5.75 Å². The first-order valence-electron chi connectivity index (χ1n) is 8.93. The maximum atomic E-state index is 11.0. The van der Waals surface area contributed by atoms with Crippen molar-refractivity contribution in [1.82, 2.24) is 4.98 Å². The number of non-ortho nitro benzene ring substituents is 1. The number of H-pyrrole nitrogens is 1. The maximum Gasteiger partial charge on any atom is 0.269 e. The molecule has 2 heterocycles. The number of nitrogens with one attached hydrogen (secondary N) is 1. The van der Waals surface area contributed by atoms with E-state index in [1.165, 1.54) is 12.1 Å². The molecule has 3 aromatic carbocycles. The Balaban J connectivity index is 1.79. The Morgan fingerprint density at radius 3 is 2.55 bits per heavy atom. The topological polar surface area (TPSA) is 118 Å². The van der Waals surface area contributed by atoms with Crippen LogP contribution in [0.2, 0.25) is 0 Å². The van der Waals surface area contributed by atoms with Crippen LogP contribution in [0.1, 0.15) is 17.0 Å². The average molecular weight is 382 g/mol. The molecule has 1 aliphatic heterocycles. The molecule has 1 unspecified atom stereocenters. The van der Waals surface area contributed by atoms with E-state index < -0.39 is 10.8 Å². The van der Waals surface area contributed by atoms with Crippen molar-refractivity contribution in [2.45, 2.75) is 5.92 Å². The molecule has 0 amide bonds. The monoisotopic (exact) mass is 382 g/mol. The van der Waals surface area contributed by atoms with Crippen molar-refractivity contribution in [2.24, 2.45) is 5.73 Å². The lowest BCUT2D eigenvalue weighted by Gasteiger charge is -2.27. The van der Waals surface area contributed by atoms with Crippen molar-refractivity contribution in [1.29, 1.82) is 5.26 Å². The quantitative estimate of drug-likeness (QED) is 0.392. The first kappa shape index (κ1) is 16.8. The molecule has 140 valence electrons. The van der Waals surface area contributed by atoms with Crippen molar-refractivity contribution in [2.75, 3.05) is 0 Å². The first-order valence-corrected chi connectivity index (χ1v) is 8.93. The predicted molar refractivity (Wildman–Crippen MR) is 108 cm³/mol. The van der Waals surface area contributed by atoms with Crippen LogP contribution in [0.3, 0.4) is 0 Å². The summed E-state index contributed by atoms with van der Waals surface area (Å²) in [4.78, 5) is 13.9. The van der Waals surface area contributed by atoms with Gasteiger partial charge in [0.05, 0.1) is 21.7 Å². The lowest BCUT2D eigenvalue weighted by molar-refractivity contribution is -0.384. The second-order valence-corrected chi connectivity index (χ2v) is 6.85. The van der Waals surface area contributed by atoms with Gasteiger partial charge in [-0.05, 0) is 17.7 Å². The molecule has 5 rings (SSSR count). The molecular weight excluding hydrogens is 368 g/mol. The van der Waals surface area contributed by atoms with Crippen molar-refractivity contribution in [3.05, 3.63) is 93.4 Å². The highest BCUT2D eigenvalue weighted by molar-refractivity contribution is 6.11. The number of nitrogens with zero attached hydrogens (tertiary/aromatic N) is 2. The van der Waals surface area contributed by atoms with E-state index in [-0.39, 0.29) is 17.1 Å². The molecule has 0 saturated heterocycles. The Labute approximate surface area is 164 Å². The fourth-order valence-corrected chi connectivity index (χ4v) is 3.98. The lowest BCUT2D eigenvalue weighted by atomic mass is 9.83. The summed E-state index contributed by atoms with van der Waals surface area (Å²) in [5.41, 5.74) is 9.81. The third-order valence-corrected chi connectivity index (χ3v) is 5.29. The van der Waals surface area contributed by atoms with Crippen LogP contribution in [0.4, 0.5) is 5.69 Å². The van der Waals surface area contributed by atoms with Gasteiger partial charge < -0.3 is 15.5 Å². The maximum absolute atomic E-state index is 11.0. The van der Waals surface area contributed by atoms with E-state index in [4.69, 9.17) is 10.5 Å². The average Bonchev–Trinajstić information content (AvgIpc) is 3.12. The highest BCUT2D eigenvalue weighted by Gasteiger charge is 2.32. The van der Waals surface area contributed by atoms with Crippen LogP contribution < -0.4 is 10.5 Å². The number of aromatic amines is 1. The van der Waals surface area contributed by atoms with Crippen molar-refractivity contribution < 1.29 is 9.66 Å². The molecule has 1 aliphatic rings. The van der Waals surface area contributed by atoms with Gasteiger partial charge in [-0.1, -0.05) is 36.4 Å². The van der Waals surface area contributed by atoms with E-state index in [1.54, 1.807) is 12.1 Å². The molecule has 0 radical (unpaired) electrons. The van der Waals surface area contributed by atoms with Crippen molar-refractivity contribution in [3.63, 3.8) is 0 Å². The zero-order valence-corrected chi connectivity index (χ0v) is 15.0. The number of hydrogen-bond donors (Lipinski definition) is 2. The highest BCUT2D eigenvalue weighted by atomic mass is 16.6. The summed E-state index contributed by atoms with van der Waals surface area (Å²) in [6.45, 7) is 0. The van der Waals surface area contributed by atoms with E-state index in [0.29, 0.717) is 5.75 Å². The summed E-state index contributed by atoms with van der Waals surface area (Å²) >= 11 is 0. The number of benzene rings is 3. The molecule has 0 saturated carbocycles. The van der Waals surface area contributed by atoms with E-state index in [0.717, 1.165) is 32.9 Å². The molecule has 7 nitrogen and oxygen atoms in total. The predicted octanol–water partition coefficient (Wildman–Crippen LogP) is 4.45. The van der Waals surface area contributed by atoms with Crippen LogP contribution in [0.15, 0.2) is 72.1 Å². The van der Waals surface area contributed by atoms with E-state index in [9.17, 15) is 15.4 Å². The number of ether oxygens (including phenoxy) is 1. The molecular formula is C22H14N4O3. The van der Waals surface area contributed by atoms with E-state index in [2.05, 4.69) is 11.1 Å². The molecule has 0 aliphatic carbocycles. The summed E-state index contributed by atoms with van der Waals surface area (Å²) < 4.78 is 5.94. The second-order valence-electron chi connectivity index (χ2n) is 6.85. The Hall–Kier alpha value is -4.31. The molecule has 1 aromatic heterocycles. The van der Waals surface area contributed by atoms with Crippen LogP contribution in [-0.2, 0) is 0 Å². The minimum absolute atomic E-state index is 0.0106. The standard InChI is InChI=1S/C22H14N4O3/c23-11-16-19(12-5-7-13(8-6-12)26(27)28)15-9-10-18-20(21(15)29-22(16)24)14-3-1-2-4-17(14)25-18/h1-10,19,25H,24H2. The van der Waals surface area contributed by atoms with Crippen molar-refractivity contribution in [3.8, 4) is 11.8 Å². The SMILES string of the molecule is N#CC1=C(N)Oc2c(ccc3[nH]c4ccccc4c23)C1c1ccc([N+](=O)[O-])cc1. The Morgan fingerprint density at radius 1 is 1.07 bits per heavy atom. The Bertz CT molecular complexity index is 1380. The van der Waals surface area contributed by atoms with Gasteiger partial charge in [0.15, 0.2) is 0 Å². The van der Waals surface area contributed by atoms with Gasteiger partial charge in [0.2, 0.25) is 5.88 Å². The molecule has 1 atom stereocenters. The van der Waals surface area contributed by atoms with Crippen LogP contribution in [-0.4, -0.2) is 9.91 Å². The van der Waals surface area contributed by atoms with Crippen LogP contribution >= 0.6 is 0 Å². The molecule has 0 bridgehead atoms. The number of fused-ring (bicyclic) bond motifs is 5. The first-order chi connectivity index (χ1) is 14.1. The largest absolute Gasteiger partial charge is 0.439 e. The molecule has 0 spiro atoms. The Morgan fingerprint density at radius 2 is 1.83 bits per heavy atom. The number of nitro benzene ring substituents is 1. The zero-order chi connectivity index (χ0) is 20.1. The van der Waals surface area contributed by atoms with Gasteiger partial charge >= 0.3 is 0 Å². The number of nitrogens with two attached hydrogens (primary N) is 1. The lowest BCUT2D eigenvalue weighted by Crippen LogP contribution is -2.21. The second kappa shape index (κ2) is 6.11. The zero-order valence-electron chi connectivity index (χ0n) is 15.0. The normalized spacial score (nSPS) is 15.8. The molecule has 7 heteroatoms. The third-order valence-electron chi connectivity index (χ3n) is 5.29. The van der Waals surface area contributed by atoms with Gasteiger partial charge in [0, 0.05) is 28.6 Å². The van der Waals surface area contributed by atoms with Gasteiger partial charge in [-0.15, -0.1) is 0 Å². The van der Waals surface area contributed by atoms with Gasteiger partial charge in [-0.3, -0.25) is 10.1 Å². The highest BCUT2D eigenvalue weighted by Crippen LogP contribution is 2.47. The number of para-hydroxylation sites is 1. The minimum Gasteiger partial charge on any atom is -0.439 e. The third kappa shape index (κ3) is 2.43. The van der Waals surface area contributed by atoms with Gasteiger partial charge in [0.1, 0.15) is 17.4 Å². The van der Waals surface area contributed by atoms with Crippen LogP contribution in [0, 0.1) is 21.4 Å². The molecule has 3 N–H and O–H groups in total. The number of hydrogen-bond acceptors (Lipinski definition) is 5. The molecule has 29 heavy (non-hydrogen) atoms. The number of nitriles is 1. The number of aromatic nitrogens is 1. The minimum atomic E-state index is -0.470. The van der Waals surface area contributed by atoms with Gasteiger partial charge in [-0.2, -0.15) is 5.26 Å². The fraction of sp³-hybridized carbons (Fsp3) is 0.0455. The molecule has 4 aromatic rings. The van der Waals surface area contributed by atoms with Gasteiger partial charge in [0.25, 0.3) is 5.69 Å². The van der Waals surface area contributed by atoms with Crippen molar-refractivity contribution >= 4 is 27.5 Å². The summed E-state index contributed by atoms with van der Waals surface area (Å²) in [6.07, 6.45) is 0. The van der Waals surface area contributed by atoms with E-state index in [1.807, 2.05) is 36.4 Å². The number of nitro groups is 1. The smallest absolute Gasteiger partial charge is 0.269 e. The van der Waals surface area contributed by atoms with E-state index >= 15 is 0 Å². The summed E-state index contributed by atoms with van der Waals surface area (Å²) in [5.74, 6) is 0.170. The Kier molecular flexibility index (Phi) is 3.54. The number of allylic oxidation sites excluding steroid dienone is 1. The van der Waals surface area contributed by atoms with Crippen LogP contribution in [0.25, 0.3) is 21.8 Å². The molecule has 0 fully saturated rings.